The number of carbonyl (C=O) groups excluding carboxylic acids is 4. The van der Waals surface area contributed by atoms with Crippen LogP contribution in [-0.2, 0) is 35.0 Å². The number of likely N-dealkylation sites (tertiary alicyclic amines) is 1. The number of ether oxygens (including phenoxy) is 4. The summed E-state index contributed by atoms with van der Waals surface area (Å²) in [5.74, 6) is 0.826. The second-order valence-electron chi connectivity index (χ2n) is 16.5. The third-order valence-corrected chi connectivity index (χ3v) is 12.8. The molecule has 0 unspecified atom stereocenters. The van der Waals surface area contributed by atoms with E-state index in [4.69, 9.17) is 35.0 Å². The van der Waals surface area contributed by atoms with Crippen LogP contribution in [0.2, 0.25) is 5.02 Å². The van der Waals surface area contributed by atoms with E-state index in [0.29, 0.717) is 140 Å². The summed E-state index contributed by atoms with van der Waals surface area (Å²) in [5.41, 5.74) is 3.20. The summed E-state index contributed by atoms with van der Waals surface area (Å²) in [6.07, 6.45) is 8.27. The van der Waals surface area contributed by atoms with E-state index >= 15 is 0 Å². The lowest BCUT2D eigenvalue weighted by Gasteiger charge is -2.34. The minimum atomic E-state index is -0.742. The van der Waals surface area contributed by atoms with Gasteiger partial charge in [-0.3, -0.25) is 14.4 Å². The van der Waals surface area contributed by atoms with Crippen LogP contribution in [0.3, 0.4) is 0 Å². The predicted octanol–water partition coefficient (Wildman–Crippen LogP) is 5.78. The minimum absolute atomic E-state index is 0.0316. The molecule has 0 saturated carbocycles. The fourth-order valence-electron chi connectivity index (χ4n) is 9.01. The predicted molar refractivity (Wildman–Crippen MR) is 236 cm³/mol. The first-order valence-electron chi connectivity index (χ1n) is 21.8. The van der Waals surface area contributed by atoms with Crippen LogP contribution in [0.4, 0.5) is 9.59 Å². The van der Waals surface area contributed by atoms with Gasteiger partial charge in [0, 0.05) is 57.1 Å². The number of aromatic nitrogens is 4. The molecule has 0 spiro atoms. The van der Waals surface area contributed by atoms with Crippen molar-refractivity contribution in [2.45, 2.75) is 75.9 Å². The number of amides is 4. The highest BCUT2D eigenvalue weighted by molar-refractivity contribution is 6.34. The molecule has 0 bridgehead atoms. The average Bonchev–Trinajstić information content (AvgIpc) is 4.12. The van der Waals surface area contributed by atoms with Crippen molar-refractivity contribution < 1.29 is 42.5 Å². The molecule has 5 aromatic rings. The Bertz CT molecular complexity index is 2550. The fourth-order valence-corrected chi connectivity index (χ4v) is 9.27. The van der Waals surface area contributed by atoms with E-state index in [2.05, 4.69) is 35.9 Å². The van der Waals surface area contributed by atoms with Crippen LogP contribution in [0.1, 0.15) is 69.1 Å². The van der Waals surface area contributed by atoms with Gasteiger partial charge in [-0.2, -0.15) is 0 Å². The van der Waals surface area contributed by atoms with Gasteiger partial charge in [-0.05, 0) is 93.5 Å². The zero-order valence-corrected chi connectivity index (χ0v) is 36.6. The summed E-state index contributed by atoms with van der Waals surface area (Å²) in [7, 11) is 2.55. The molecule has 3 aliphatic heterocycles. The summed E-state index contributed by atoms with van der Waals surface area (Å²) >= 11 is 6.81. The second-order valence-corrected chi connectivity index (χ2v) is 16.9. The molecule has 2 aromatic carbocycles. The third kappa shape index (κ3) is 9.88. The van der Waals surface area contributed by atoms with Gasteiger partial charge in [-0.1, -0.05) is 11.6 Å². The van der Waals surface area contributed by atoms with Gasteiger partial charge in [0.25, 0.3) is 0 Å². The fraction of sp³-hybridized carbons (Fsp3) is 0.489. The zero-order valence-electron chi connectivity index (χ0n) is 35.8. The van der Waals surface area contributed by atoms with Crippen molar-refractivity contribution in [2.24, 2.45) is 11.8 Å². The summed E-state index contributed by atoms with van der Waals surface area (Å²) in [6.45, 7) is 3.09. The maximum atomic E-state index is 14.0. The summed E-state index contributed by atoms with van der Waals surface area (Å²) < 4.78 is 26.8. The number of unbranched alkanes of at least 4 members (excludes halogenated alkanes) is 1. The molecule has 19 heteroatoms. The number of nitrogens with one attached hydrogen (secondary N) is 5. The first-order chi connectivity index (χ1) is 31.1. The largest absolute Gasteiger partial charge is 0.456 e. The number of hydrogen-bond donors (Lipinski definition) is 5. The van der Waals surface area contributed by atoms with Crippen molar-refractivity contribution in [3.63, 3.8) is 0 Å². The number of halogens is 1. The Morgan fingerprint density at radius 3 is 2.22 bits per heavy atom. The maximum absolute atomic E-state index is 14.0. The lowest BCUT2D eigenvalue weighted by Crippen LogP contribution is -2.53. The monoisotopic (exact) mass is 900 g/mol. The number of H-pyrrole nitrogens is 2. The van der Waals surface area contributed by atoms with E-state index in [0.717, 1.165) is 18.7 Å². The lowest BCUT2D eigenvalue weighted by atomic mass is 9.90. The number of fused-ring (bicyclic) bond motifs is 2. The summed E-state index contributed by atoms with van der Waals surface area (Å²) in [6, 6.07) is 6.95. The van der Waals surface area contributed by atoms with Crippen LogP contribution < -0.4 is 21.4 Å². The number of nitrogens with zero attached hydrogens (tertiary/aromatic N) is 3. The highest BCUT2D eigenvalue weighted by atomic mass is 35.5. The van der Waals surface area contributed by atoms with E-state index in [1.807, 2.05) is 6.07 Å². The molecule has 3 aliphatic rings. The van der Waals surface area contributed by atoms with E-state index in [1.165, 1.54) is 14.2 Å². The first kappa shape index (κ1) is 44.6. The number of methoxy groups -OCH3 is 2. The van der Waals surface area contributed by atoms with Crippen LogP contribution in [0, 0.1) is 11.8 Å². The molecule has 3 fully saturated rings. The molecule has 5 N–H and O–H groups in total. The van der Waals surface area contributed by atoms with Gasteiger partial charge in [0.15, 0.2) is 0 Å². The van der Waals surface area contributed by atoms with Gasteiger partial charge in [-0.15, -0.1) is 0 Å². The van der Waals surface area contributed by atoms with E-state index in [1.54, 1.807) is 41.6 Å². The Labute approximate surface area is 373 Å². The number of imidazole rings is 2. The van der Waals surface area contributed by atoms with E-state index in [-0.39, 0.29) is 35.1 Å². The quantitative estimate of drug-likeness (QED) is 0.0659. The molecule has 4 amide bonds. The molecule has 64 heavy (non-hydrogen) atoms. The van der Waals surface area contributed by atoms with E-state index < -0.39 is 24.3 Å². The molecule has 0 radical (unpaired) electrons. The number of rotatable bonds is 14. The average molecular weight is 901 g/mol. The van der Waals surface area contributed by atoms with Gasteiger partial charge in [-0.25, -0.2) is 19.6 Å². The molecule has 6 heterocycles. The highest BCUT2D eigenvalue weighted by Gasteiger charge is 2.40. The number of carbonyl (C=O) groups is 4. The molecule has 340 valence electrons. The number of hydrogen-bond acceptors (Lipinski definition) is 12. The van der Waals surface area contributed by atoms with Crippen molar-refractivity contribution in [1.82, 2.24) is 40.8 Å². The van der Waals surface area contributed by atoms with Crippen LogP contribution in [-0.4, -0.2) is 115 Å². The number of alkyl carbamates (subject to hydrolysis) is 2. The topological polar surface area (TPSA) is 232 Å². The first-order valence-corrected chi connectivity index (χ1v) is 22.2. The number of benzene rings is 2. The SMILES string of the molecule is COC(=O)N[C@H](C(=O)NCCCCc1ncc(-c2cc3oc4ccc(-c5cnc([C@@H]6CCCN6C(=O)[C@@H](NC(=O)OC)C6CCOCC6)[nH]5)cc4c(=O)c3cc2Cl)[nH]1)C1CCOCC1. The molecule has 3 saturated heterocycles. The molecule has 3 atom stereocenters. The van der Waals surface area contributed by atoms with Gasteiger partial charge >= 0.3 is 12.2 Å². The van der Waals surface area contributed by atoms with Crippen LogP contribution in [0.25, 0.3) is 44.5 Å². The van der Waals surface area contributed by atoms with Gasteiger partial charge in [0.2, 0.25) is 17.2 Å². The highest BCUT2D eigenvalue weighted by Crippen LogP contribution is 2.36. The molecular formula is C45H53ClN8O10. The van der Waals surface area contributed by atoms with Gasteiger partial charge in [0.1, 0.15) is 34.9 Å². The van der Waals surface area contributed by atoms with Gasteiger partial charge in [0.05, 0.1) is 59.8 Å². The smallest absolute Gasteiger partial charge is 0.407 e. The summed E-state index contributed by atoms with van der Waals surface area (Å²) in [4.78, 5) is 83.0. The van der Waals surface area contributed by atoms with E-state index in [9.17, 15) is 24.0 Å². The number of aryl methyl sites for hydroxylation is 1. The van der Waals surface area contributed by atoms with Crippen LogP contribution in [0.15, 0.2) is 51.9 Å². The van der Waals surface area contributed by atoms with Crippen molar-refractivity contribution in [1.29, 1.82) is 0 Å². The minimum Gasteiger partial charge on any atom is -0.456 e. The summed E-state index contributed by atoms with van der Waals surface area (Å²) in [5, 5.41) is 9.45. The van der Waals surface area contributed by atoms with Gasteiger partial charge < -0.3 is 54.2 Å². The Kier molecular flexibility index (Phi) is 14.1. The van der Waals surface area contributed by atoms with Crippen molar-refractivity contribution in [3.8, 4) is 22.5 Å². The van der Waals surface area contributed by atoms with Crippen molar-refractivity contribution in [2.75, 3.05) is 53.7 Å². The molecule has 18 nitrogen and oxygen atoms in total. The molecule has 8 rings (SSSR count). The molecule has 0 aliphatic carbocycles. The second kappa shape index (κ2) is 20.2. The standard InChI is InChI=1S/C45H53ClN8O10/c1-60-44(58)52-38(25-10-16-62-17-11-25)42(56)47-14-4-3-7-37-48-24-33(50-37)28-22-36-30(21-31(28)46)40(55)29-20-27(8-9-35(29)64-36)32-23-49-41(51-32)34-6-5-15-54(34)43(57)39(53-45(59)61-2)26-12-18-63-19-13-26/h8-9,20-26,34,38-39H,3-7,10-19H2,1-2H3,(H,47,56)(H,48,50)(H,49,51)(H,52,58)(H,53,59)/t34-,38-,39-/m0/s1. The zero-order chi connectivity index (χ0) is 44.7. The Hall–Kier alpha value is -5.98. The van der Waals surface area contributed by atoms with Crippen molar-refractivity contribution >= 4 is 57.5 Å². The molecular weight excluding hydrogens is 848 g/mol. The normalized spacial score (nSPS) is 18.2. The lowest BCUT2D eigenvalue weighted by molar-refractivity contribution is -0.136. The number of aromatic amines is 2. The Balaban J connectivity index is 0.918. The molecule has 3 aromatic heterocycles. The van der Waals surface area contributed by atoms with Crippen molar-refractivity contribution in [3.05, 3.63) is 69.6 Å². The van der Waals surface area contributed by atoms with Crippen LogP contribution in [0.5, 0.6) is 0 Å². The third-order valence-electron chi connectivity index (χ3n) is 12.5. The Morgan fingerprint density at radius 2 is 1.50 bits per heavy atom. The maximum Gasteiger partial charge on any atom is 0.407 e. The van der Waals surface area contributed by atoms with Crippen LogP contribution >= 0.6 is 11.6 Å². The Morgan fingerprint density at radius 1 is 0.828 bits per heavy atom.